The number of hydrogen-bond donors (Lipinski definition) is 3. The molecule has 1 aliphatic heterocycles. The molecule has 45 heavy (non-hydrogen) atoms. The molecule has 0 saturated carbocycles. The summed E-state index contributed by atoms with van der Waals surface area (Å²) in [4.78, 5) is 24.0. The summed E-state index contributed by atoms with van der Waals surface area (Å²) >= 11 is 1.61. The number of carbonyl (C=O) groups excluding carboxylic acids is 1. The van der Waals surface area contributed by atoms with Gasteiger partial charge in [0.2, 0.25) is 0 Å². The molecule has 0 unspecified atom stereocenters. The van der Waals surface area contributed by atoms with Crippen LogP contribution < -0.4 is 5.32 Å². The molecule has 5 rings (SSSR count). The third kappa shape index (κ3) is 8.83. The smallest absolute Gasteiger partial charge is 0.407 e. The van der Waals surface area contributed by atoms with Crippen LogP contribution in [0.15, 0.2) is 115 Å². The molecule has 4 aromatic carbocycles. The summed E-state index contributed by atoms with van der Waals surface area (Å²) in [6, 6.07) is 30.6. The zero-order valence-corrected chi connectivity index (χ0v) is 25.5. The van der Waals surface area contributed by atoms with Crippen LogP contribution in [0.3, 0.4) is 0 Å². The predicted octanol–water partition coefficient (Wildman–Crippen LogP) is 7.29. The molecule has 0 aromatic heterocycles. The van der Waals surface area contributed by atoms with E-state index < -0.39 is 18.4 Å². The number of carbonyl (C=O) groups is 2. The van der Waals surface area contributed by atoms with Crippen LogP contribution in [0.25, 0.3) is 11.1 Å². The summed E-state index contributed by atoms with van der Waals surface area (Å²) in [7, 11) is 0. The molecular weight excluding hydrogens is 590 g/mol. The second-order valence-electron chi connectivity index (χ2n) is 10.6. The molecule has 0 spiro atoms. The standard InChI is InChI=1S/C36H35NO7S/c1-2-18-42-36(41)37-21-25-4-3-5-30(19-25)26-10-12-29(13-11-26)35-43-31(23-45-32-16-14-28(15-17-32)34(39)40)20-33(44-35)27-8-6-24(22-38)7-9-27/h2-17,19,31,33,35,38H,1,18,20-23H2,(H,37,41)(H,39,40)/t31-,33+,35+/m1/s1. The summed E-state index contributed by atoms with van der Waals surface area (Å²) in [5.41, 5.74) is 5.95. The van der Waals surface area contributed by atoms with Crippen LogP contribution in [0, 0.1) is 0 Å². The first-order valence-corrected chi connectivity index (χ1v) is 15.6. The number of hydrogen-bond acceptors (Lipinski definition) is 7. The second-order valence-corrected chi connectivity index (χ2v) is 11.6. The van der Waals surface area contributed by atoms with Crippen molar-refractivity contribution in [3.05, 3.63) is 138 Å². The molecule has 1 aliphatic rings. The number of amides is 1. The van der Waals surface area contributed by atoms with Crippen molar-refractivity contribution in [2.75, 3.05) is 12.4 Å². The van der Waals surface area contributed by atoms with Crippen LogP contribution in [0.1, 0.15) is 51.4 Å². The second kappa shape index (κ2) is 15.5. The third-order valence-corrected chi connectivity index (χ3v) is 8.51. The molecule has 0 bridgehead atoms. The maximum atomic E-state index is 11.8. The Labute approximate surface area is 266 Å². The fraction of sp³-hybridized carbons (Fsp3) is 0.222. The van der Waals surface area contributed by atoms with E-state index in [2.05, 4.69) is 11.9 Å². The van der Waals surface area contributed by atoms with Crippen molar-refractivity contribution in [3.63, 3.8) is 0 Å². The number of benzene rings is 4. The number of nitrogens with one attached hydrogen (secondary N) is 1. The molecule has 0 aliphatic carbocycles. The first kappa shape index (κ1) is 32.0. The zero-order valence-electron chi connectivity index (χ0n) is 24.6. The molecule has 1 amide bonds. The van der Waals surface area contributed by atoms with Crippen molar-refractivity contribution in [1.82, 2.24) is 5.32 Å². The normalized spacial score (nSPS) is 17.8. The van der Waals surface area contributed by atoms with Crippen molar-refractivity contribution in [2.24, 2.45) is 0 Å². The molecule has 0 radical (unpaired) electrons. The fourth-order valence-corrected chi connectivity index (χ4v) is 5.88. The van der Waals surface area contributed by atoms with Crippen LogP contribution in [-0.4, -0.2) is 40.7 Å². The van der Waals surface area contributed by atoms with Crippen LogP contribution in [-0.2, 0) is 27.4 Å². The summed E-state index contributed by atoms with van der Waals surface area (Å²) < 4.78 is 17.9. The van der Waals surface area contributed by atoms with Crippen LogP contribution in [0.5, 0.6) is 0 Å². The van der Waals surface area contributed by atoms with Gasteiger partial charge in [-0.1, -0.05) is 79.4 Å². The third-order valence-electron chi connectivity index (χ3n) is 7.36. The van der Waals surface area contributed by atoms with Gasteiger partial charge in [0.05, 0.1) is 24.4 Å². The molecule has 3 N–H and O–H groups in total. The highest BCUT2D eigenvalue weighted by Crippen LogP contribution is 2.40. The Bertz CT molecular complexity index is 1590. The SMILES string of the molecule is C=CCOC(=O)NCc1cccc(-c2ccc([C@H]3O[C@@H](CSc4ccc(C(=O)O)cc4)C[C@@H](c4ccc(CO)cc4)O3)cc2)c1. The minimum absolute atomic E-state index is 0.0223. The molecule has 1 fully saturated rings. The van der Waals surface area contributed by atoms with Gasteiger partial charge in [-0.05, 0) is 58.1 Å². The average molecular weight is 626 g/mol. The van der Waals surface area contributed by atoms with Gasteiger partial charge in [0.1, 0.15) is 6.61 Å². The van der Waals surface area contributed by atoms with E-state index in [1.54, 1.807) is 23.9 Å². The van der Waals surface area contributed by atoms with Crippen LogP contribution in [0.2, 0.25) is 0 Å². The first-order chi connectivity index (χ1) is 21.9. The molecule has 232 valence electrons. The molecule has 1 saturated heterocycles. The number of aliphatic hydroxyl groups is 1. The maximum absolute atomic E-state index is 11.8. The molecule has 9 heteroatoms. The van der Waals surface area contributed by atoms with Gasteiger partial charge in [-0.3, -0.25) is 0 Å². The van der Waals surface area contributed by atoms with E-state index in [-0.39, 0.29) is 31.0 Å². The zero-order chi connectivity index (χ0) is 31.6. The topological polar surface area (TPSA) is 114 Å². The van der Waals surface area contributed by atoms with E-state index in [1.807, 2.05) is 84.9 Å². The van der Waals surface area contributed by atoms with Crippen molar-refractivity contribution >= 4 is 23.8 Å². The Hall–Kier alpha value is -4.41. The van der Waals surface area contributed by atoms with E-state index in [0.29, 0.717) is 18.7 Å². The van der Waals surface area contributed by atoms with Gasteiger partial charge in [-0.25, -0.2) is 9.59 Å². The van der Waals surface area contributed by atoms with Gasteiger partial charge in [0, 0.05) is 29.2 Å². The molecule has 1 heterocycles. The van der Waals surface area contributed by atoms with E-state index in [0.717, 1.165) is 38.3 Å². The monoisotopic (exact) mass is 625 g/mol. The maximum Gasteiger partial charge on any atom is 0.407 e. The molecule has 4 aromatic rings. The number of rotatable bonds is 12. The van der Waals surface area contributed by atoms with Crippen molar-refractivity contribution < 1.29 is 34.0 Å². The highest BCUT2D eigenvalue weighted by Gasteiger charge is 2.32. The van der Waals surface area contributed by atoms with Crippen LogP contribution >= 0.6 is 11.8 Å². The van der Waals surface area contributed by atoms with Crippen molar-refractivity contribution in [2.45, 2.75) is 43.0 Å². The summed E-state index contributed by atoms with van der Waals surface area (Å²) in [6.07, 6.45) is 0.748. The summed E-state index contributed by atoms with van der Waals surface area (Å²) in [5.74, 6) is -0.285. The average Bonchev–Trinajstić information content (AvgIpc) is 3.09. The summed E-state index contributed by atoms with van der Waals surface area (Å²) in [5, 5.41) is 21.4. The number of carboxylic acid groups (broad SMARTS) is 1. The Morgan fingerprint density at radius 2 is 1.64 bits per heavy atom. The molecule has 3 atom stereocenters. The minimum atomic E-state index is -0.950. The Kier molecular flexibility index (Phi) is 11.1. The molecule has 8 nitrogen and oxygen atoms in total. The lowest BCUT2D eigenvalue weighted by atomic mass is 9.99. The Balaban J connectivity index is 1.29. The number of carboxylic acids is 1. The predicted molar refractivity (Wildman–Crippen MR) is 173 cm³/mol. The fourth-order valence-electron chi connectivity index (χ4n) is 4.96. The Morgan fingerprint density at radius 3 is 2.33 bits per heavy atom. The number of ether oxygens (including phenoxy) is 3. The van der Waals surface area contributed by atoms with Gasteiger partial charge < -0.3 is 29.7 Å². The van der Waals surface area contributed by atoms with Crippen molar-refractivity contribution in [1.29, 1.82) is 0 Å². The van der Waals surface area contributed by atoms with Crippen LogP contribution in [0.4, 0.5) is 4.79 Å². The first-order valence-electron chi connectivity index (χ1n) is 14.6. The lowest BCUT2D eigenvalue weighted by molar-refractivity contribution is -0.245. The lowest BCUT2D eigenvalue weighted by Crippen LogP contribution is -2.31. The van der Waals surface area contributed by atoms with Gasteiger partial charge >= 0.3 is 12.1 Å². The minimum Gasteiger partial charge on any atom is -0.478 e. The van der Waals surface area contributed by atoms with E-state index in [9.17, 15) is 19.8 Å². The highest BCUT2D eigenvalue weighted by molar-refractivity contribution is 7.99. The van der Waals surface area contributed by atoms with Crippen molar-refractivity contribution in [3.8, 4) is 11.1 Å². The van der Waals surface area contributed by atoms with E-state index >= 15 is 0 Å². The quantitative estimate of drug-likeness (QED) is 0.111. The van der Waals surface area contributed by atoms with E-state index in [1.165, 1.54) is 6.08 Å². The van der Waals surface area contributed by atoms with Gasteiger partial charge in [-0.2, -0.15) is 0 Å². The Morgan fingerprint density at radius 1 is 0.911 bits per heavy atom. The lowest BCUT2D eigenvalue weighted by Gasteiger charge is -2.36. The van der Waals surface area contributed by atoms with E-state index in [4.69, 9.17) is 14.2 Å². The number of thioether (sulfide) groups is 1. The number of aromatic carboxylic acids is 1. The number of aliphatic hydroxyl groups excluding tert-OH is 1. The molecular formula is C36H35NO7S. The van der Waals surface area contributed by atoms with Gasteiger partial charge in [0.25, 0.3) is 0 Å². The summed E-state index contributed by atoms with van der Waals surface area (Å²) in [6.45, 7) is 4.02. The highest BCUT2D eigenvalue weighted by atomic mass is 32.2. The van der Waals surface area contributed by atoms with Gasteiger partial charge in [-0.15, -0.1) is 11.8 Å². The van der Waals surface area contributed by atoms with Gasteiger partial charge in [0.15, 0.2) is 6.29 Å². The largest absolute Gasteiger partial charge is 0.478 e. The number of alkyl carbamates (subject to hydrolysis) is 1.